The van der Waals surface area contributed by atoms with Gasteiger partial charge < -0.3 is 4.74 Å². The molecule has 180 valence electrons. The van der Waals surface area contributed by atoms with Crippen LogP contribution >= 0.6 is 0 Å². The molecule has 0 aromatic carbocycles. The molecule has 0 unspecified atom stereocenters. The summed E-state index contributed by atoms with van der Waals surface area (Å²) in [7, 11) is 0. The molecule has 0 saturated carbocycles. The van der Waals surface area contributed by atoms with Crippen molar-refractivity contribution in [2.24, 2.45) is 0 Å². The smallest absolute Gasteiger partial charge is 0.302 e. The largest absolute Gasteiger partial charge is 0.466 e. The van der Waals surface area contributed by atoms with E-state index in [-0.39, 0.29) is 5.97 Å². The zero-order valence-corrected chi connectivity index (χ0v) is 21.0. The van der Waals surface area contributed by atoms with Gasteiger partial charge in [0, 0.05) is 6.92 Å². The van der Waals surface area contributed by atoms with Crippen molar-refractivity contribution >= 4 is 5.97 Å². The minimum absolute atomic E-state index is 0.149. The molecule has 0 aliphatic rings. The third-order valence-electron chi connectivity index (χ3n) is 6.30. The van der Waals surface area contributed by atoms with Crippen LogP contribution in [0.15, 0.2) is 0 Å². The van der Waals surface area contributed by atoms with Crippen LogP contribution in [0.3, 0.4) is 0 Å². The average molecular weight is 425 g/mol. The monoisotopic (exact) mass is 424 g/mol. The number of hydrogen-bond acceptors (Lipinski definition) is 2. The highest BCUT2D eigenvalue weighted by molar-refractivity contribution is 5.65. The van der Waals surface area contributed by atoms with Gasteiger partial charge in [0.15, 0.2) is 0 Å². The molecule has 0 atom stereocenters. The van der Waals surface area contributed by atoms with Gasteiger partial charge in [0.1, 0.15) is 0 Å². The number of ether oxygens (including phenoxy) is 1. The van der Waals surface area contributed by atoms with E-state index in [1.807, 2.05) is 0 Å². The Kier molecular flexibility index (Phi) is 26.0. The summed E-state index contributed by atoms with van der Waals surface area (Å²) in [5, 5.41) is 0. The van der Waals surface area contributed by atoms with Crippen molar-refractivity contribution in [2.45, 2.75) is 168 Å². The summed E-state index contributed by atoms with van der Waals surface area (Å²) in [6.07, 6.45) is 33.8. The van der Waals surface area contributed by atoms with E-state index in [4.69, 9.17) is 4.74 Å². The second-order valence-electron chi connectivity index (χ2n) is 9.47. The second kappa shape index (κ2) is 26.5. The van der Waals surface area contributed by atoms with Gasteiger partial charge in [0.05, 0.1) is 6.61 Å². The fourth-order valence-corrected chi connectivity index (χ4v) is 4.28. The average Bonchev–Trinajstić information content (AvgIpc) is 2.73. The molecule has 0 N–H and O–H groups in total. The van der Waals surface area contributed by atoms with Crippen LogP contribution in [-0.4, -0.2) is 12.6 Å². The molecule has 2 nitrogen and oxygen atoms in total. The first-order valence-electron chi connectivity index (χ1n) is 13.9. The molecule has 0 aromatic heterocycles. The van der Waals surface area contributed by atoms with Crippen LogP contribution in [0.1, 0.15) is 168 Å². The Balaban J connectivity index is 2.99. The van der Waals surface area contributed by atoms with Gasteiger partial charge in [-0.25, -0.2) is 0 Å². The molecule has 2 heteroatoms. The maximum absolute atomic E-state index is 10.7. The third kappa shape index (κ3) is 27.5. The summed E-state index contributed by atoms with van der Waals surface area (Å²) in [6.45, 7) is 4.39. The zero-order valence-electron chi connectivity index (χ0n) is 21.0. The topological polar surface area (TPSA) is 26.3 Å². The first kappa shape index (κ1) is 29.5. The van der Waals surface area contributed by atoms with Gasteiger partial charge in [-0.1, -0.05) is 155 Å². The number of carbonyl (C=O) groups is 1. The van der Waals surface area contributed by atoms with Gasteiger partial charge in [0.25, 0.3) is 0 Å². The Bertz CT molecular complexity index is 327. The van der Waals surface area contributed by atoms with E-state index in [9.17, 15) is 4.79 Å². The summed E-state index contributed by atoms with van der Waals surface area (Å²) in [4.78, 5) is 10.7. The molecule has 0 radical (unpaired) electrons. The van der Waals surface area contributed by atoms with Crippen molar-refractivity contribution in [2.75, 3.05) is 6.61 Å². The molecule has 0 aliphatic carbocycles. The lowest BCUT2D eigenvalue weighted by molar-refractivity contribution is -0.141. The minimum atomic E-state index is -0.149. The van der Waals surface area contributed by atoms with Crippen molar-refractivity contribution in [3.05, 3.63) is 0 Å². The number of esters is 1. The van der Waals surface area contributed by atoms with Gasteiger partial charge in [0.2, 0.25) is 0 Å². The van der Waals surface area contributed by atoms with Crippen molar-refractivity contribution < 1.29 is 9.53 Å². The van der Waals surface area contributed by atoms with E-state index >= 15 is 0 Å². The van der Waals surface area contributed by atoms with E-state index in [2.05, 4.69) is 6.92 Å². The molecule has 0 saturated heterocycles. The summed E-state index contributed by atoms with van der Waals surface area (Å²) >= 11 is 0. The van der Waals surface area contributed by atoms with Crippen molar-refractivity contribution in [3.63, 3.8) is 0 Å². The van der Waals surface area contributed by atoms with Gasteiger partial charge in [-0.2, -0.15) is 0 Å². The lowest BCUT2D eigenvalue weighted by Crippen LogP contribution is -2.00. The van der Waals surface area contributed by atoms with Crippen LogP contribution in [0.4, 0.5) is 0 Å². The second-order valence-corrected chi connectivity index (χ2v) is 9.47. The quantitative estimate of drug-likeness (QED) is 0.108. The molecule has 0 bridgehead atoms. The SMILES string of the molecule is CCCCCCCCCCCCCCCCCCCCCCCCCCOC(C)=O. The van der Waals surface area contributed by atoms with Gasteiger partial charge in [-0.3, -0.25) is 4.79 Å². The molecule has 0 rings (SSSR count). The Morgan fingerprint density at radius 1 is 0.433 bits per heavy atom. The maximum atomic E-state index is 10.7. The molecule has 30 heavy (non-hydrogen) atoms. The molecule has 0 aromatic rings. The predicted octanol–water partition coefficient (Wildman–Crippen LogP) is 9.93. The summed E-state index contributed by atoms with van der Waals surface area (Å²) in [5.41, 5.74) is 0. The van der Waals surface area contributed by atoms with E-state index in [1.54, 1.807) is 0 Å². The molecular formula is C28H56O2. The lowest BCUT2D eigenvalue weighted by Gasteiger charge is -2.04. The fraction of sp³-hybridized carbons (Fsp3) is 0.964. The zero-order chi connectivity index (χ0) is 22.0. The summed E-state index contributed by atoms with van der Waals surface area (Å²) < 4.78 is 4.95. The van der Waals surface area contributed by atoms with Gasteiger partial charge in [-0.15, -0.1) is 0 Å². The van der Waals surface area contributed by atoms with Crippen molar-refractivity contribution in [1.29, 1.82) is 0 Å². The number of hydrogen-bond donors (Lipinski definition) is 0. The van der Waals surface area contributed by atoms with E-state index in [0.29, 0.717) is 6.61 Å². The maximum Gasteiger partial charge on any atom is 0.302 e. The van der Waals surface area contributed by atoms with Crippen molar-refractivity contribution in [1.82, 2.24) is 0 Å². The van der Waals surface area contributed by atoms with Crippen LogP contribution in [0.25, 0.3) is 0 Å². The van der Waals surface area contributed by atoms with Gasteiger partial charge >= 0.3 is 5.97 Å². The molecule has 0 fully saturated rings. The lowest BCUT2D eigenvalue weighted by atomic mass is 10.0. The van der Waals surface area contributed by atoms with Gasteiger partial charge in [-0.05, 0) is 6.42 Å². The Labute approximate surface area is 190 Å². The van der Waals surface area contributed by atoms with Crippen LogP contribution in [0, 0.1) is 0 Å². The molecule has 0 heterocycles. The third-order valence-corrected chi connectivity index (χ3v) is 6.30. The van der Waals surface area contributed by atoms with Crippen molar-refractivity contribution in [3.8, 4) is 0 Å². The Morgan fingerprint density at radius 3 is 0.900 bits per heavy atom. The van der Waals surface area contributed by atoms with Crippen LogP contribution in [0.2, 0.25) is 0 Å². The first-order chi connectivity index (χ1) is 14.8. The summed E-state index contributed by atoms with van der Waals surface area (Å²) in [6, 6.07) is 0. The number of unbranched alkanes of at least 4 members (excludes halogenated alkanes) is 23. The Hall–Kier alpha value is -0.530. The summed E-state index contributed by atoms with van der Waals surface area (Å²) in [5.74, 6) is -0.149. The molecular weight excluding hydrogens is 368 g/mol. The molecule has 0 amide bonds. The minimum Gasteiger partial charge on any atom is -0.466 e. The van der Waals surface area contributed by atoms with E-state index in [0.717, 1.165) is 6.42 Å². The molecule has 0 aliphatic heterocycles. The first-order valence-corrected chi connectivity index (χ1v) is 13.9. The number of carbonyl (C=O) groups excluding carboxylic acids is 1. The highest BCUT2D eigenvalue weighted by Gasteiger charge is 1.96. The highest BCUT2D eigenvalue weighted by Crippen LogP contribution is 2.15. The Morgan fingerprint density at radius 2 is 0.667 bits per heavy atom. The molecule has 0 spiro atoms. The predicted molar refractivity (Wildman–Crippen MR) is 133 cm³/mol. The van der Waals surface area contributed by atoms with Crippen LogP contribution in [-0.2, 0) is 9.53 Å². The standard InChI is InChI=1S/C28H56O2/c1-3-4-5-6-7-8-9-10-11-12-13-14-15-16-17-18-19-20-21-22-23-24-25-26-27-30-28(2)29/h3-27H2,1-2H3. The fourth-order valence-electron chi connectivity index (χ4n) is 4.28. The van der Waals surface area contributed by atoms with Crippen LogP contribution < -0.4 is 0 Å². The highest BCUT2D eigenvalue weighted by atomic mass is 16.5. The normalized spacial score (nSPS) is 11.1. The van der Waals surface area contributed by atoms with E-state index in [1.165, 1.54) is 155 Å². The van der Waals surface area contributed by atoms with E-state index < -0.39 is 0 Å². The number of rotatable bonds is 25. The van der Waals surface area contributed by atoms with Crippen LogP contribution in [0.5, 0.6) is 0 Å².